The van der Waals surface area contributed by atoms with Crippen molar-refractivity contribution in [3.05, 3.63) is 23.8 Å². The zero-order valence-electron chi connectivity index (χ0n) is 14.7. The number of hydrogen-bond donors (Lipinski definition) is 2. The lowest BCUT2D eigenvalue weighted by Crippen LogP contribution is -2.54. The van der Waals surface area contributed by atoms with E-state index in [1.54, 1.807) is 25.3 Å². The summed E-state index contributed by atoms with van der Waals surface area (Å²) in [4.78, 5) is 23.3. The predicted octanol–water partition coefficient (Wildman–Crippen LogP) is 2.24. The van der Waals surface area contributed by atoms with Crippen LogP contribution in [0.2, 0.25) is 0 Å². The smallest absolute Gasteiger partial charge is 0.341 e. The van der Waals surface area contributed by atoms with Crippen LogP contribution in [0.1, 0.15) is 43.0 Å². The van der Waals surface area contributed by atoms with Gasteiger partial charge >= 0.3 is 5.97 Å². The first-order valence-electron chi connectivity index (χ1n) is 8.42. The first-order chi connectivity index (χ1) is 12.0. The Hall–Kier alpha value is -2.28. The molecular formula is C18H25NO6. The van der Waals surface area contributed by atoms with Crippen LogP contribution in [0, 0.1) is 0 Å². The highest BCUT2D eigenvalue weighted by Crippen LogP contribution is 2.35. The highest BCUT2D eigenvalue weighted by Gasteiger charge is 2.38. The molecule has 1 amide bonds. The Bertz CT molecular complexity index is 612. The van der Waals surface area contributed by atoms with E-state index in [1.165, 1.54) is 0 Å². The number of rotatable bonds is 10. The first-order valence-corrected chi connectivity index (χ1v) is 8.42. The molecule has 25 heavy (non-hydrogen) atoms. The topological polar surface area (TPSA) is 94.1 Å². The normalized spacial score (nSPS) is 15.1. The number of carbonyl (C=O) groups excluding carboxylic acids is 1. The van der Waals surface area contributed by atoms with Crippen LogP contribution in [0.3, 0.4) is 0 Å². The van der Waals surface area contributed by atoms with E-state index in [4.69, 9.17) is 19.3 Å². The van der Waals surface area contributed by atoms with E-state index in [1.807, 2.05) is 6.92 Å². The maximum atomic E-state index is 12.6. The summed E-state index contributed by atoms with van der Waals surface area (Å²) in [6.45, 7) is 2.33. The van der Waals surface area contributed by atoms with Gasteiger partial charge in [-0.15, -0.1) is 0 Å². The summed E-state index contributed by atoms with van der Waals surface area (Å²) < 4.78 is 15.8. The quantitative estimate of drug-likeness (QED) is 0.671. The van der Waals surface area contributed by atoms with Crippen molar-refractivity contribution in [3.8, 4) is 11.5 Å². The van der Waals surface area contributed by atoms with Crippen LogP contribution in [0.15, 0.2) is 18.2 Å². The summed E-state index contributed by atoms with van der Waals surface area (Å²) in [5, 5.41) is 11.8. The summed E-state index contributed by atoms with van der Waals surface area (Å²) in [7, 11) is 1.65. The van der Waals surface area contributed by atoms with E-state index >= 15 is 0 Å². The first kappa shape index (κ1) is 19.1. The molecule has 1 aromatic carbocycles. The number of nitrogens with one attached hydrogen (secondary N) is 1. The van der Waals surface area contributed by atoms with Crippen LogP contribution in [0.5, 0.6) is 11.5 Å². The molecule has 0 saturated heterocycles. The number of carboxylic acid groups (broad SMARTS) is 1. The van der Waals surface area contributed by atoms with Crippen LogP contribution < -0.4 is 14.8 Å². The number of amides is 1. The third kappa shape index (κ3) is 5.09. The third-order valence-corrected chi connectivity index (χ3v) is 4.33. The van der Waals surface area contributed by atoms with E-state index in [0.717, 1.165) is 25.7 Å². The fourth-order valence-corrected chi connectivity index (χ4v) is 2.83. The largest absolute Gasteiger partial charge is 0.490 e. The van der Waals surface area contributed by atoms with Gasteiger partial charge in [0.15, 0.2) is 18.1 Å². The van der Waals surface area contributed by atoms with Crippen LogP contribution >= 0.6 is 0 Å². The molecule has 1 aliphatic rings. The molecule has 0 heterocycles. The van der Waals surface area contributed by atoms with Gasteiger partial charge in [0.1, 0.15) is 0 Å². The van der Waals surface area contributed by atoms with E-state index < -0.39 is 12.6 Å². The minimum atomic E-state index is -1.07. The molecule has 0 aromatic heterocycles. The number of hydrogen-bond acceptors (Lipinski definition) is 5. The van der Waals surface area contributed by atoms with Crippen LogP contribution in [0.25, 0.3) is 0 Å². The molecule has 0 unspecified atom stereocenters. The summed E-state index contributed by atoms with van der Waals surface area (Å²) in [5.74, 6) is -0.592. The molecular weight excluding hydrogens is 326 g/mol. The molecule has 2 rings (SSSR count). The van der Waals surface area contributed by atoms with E-state index in [-0.39, 0.29) is 11.4 Å². The molecule has 0 atom stereocenters. The molecule has 2 N–H and O–H groups in total. The monoisotopic (exact) mass is 351 g/mol. The second-order valence-corrected chi connectivity index (χ2v) is 6.11. The van der Waals surface area contributed by atoms with Gasteiger partial charge in [0, 0.05) is 24.8 Å². The third-order valence-electron chi connectivity index (χ3n) is 4.33. The van der Waals surface area contributed by atoms with E-state index in [0.29, 0.717) is 30.3 Å². The van der Waals surface area contributed by atoms with Gasteiger partial charge in [-0.05, 0) is 50.8 Å². The highest BCUT2D eigenvalue weighted by molar-refractivity contribution is 5.95. The van der Waals surface area contributed by atoms with E-state index in [9.17, 15) is 9.59 Å². The number of benzene rings is 1. The van der Waals surface area contributed by atoms with Crippen molar-refractivity contribution in [3.63, 3.8) is 0 Å². The SMILES string of the molecule is CCOc1cc(C(=O)NC2(CCOC)CCC2)ccc1OCC(=O)O. The Morgan fingerprint density at radius 1 is 1.24 bits per heavy atom. The van der Waals surface area contributed by atoms with Gasteiger partial charge < -0.3 is 24.6 Å². The van der Waals surface area contributed by atoms with Crippen LogP contribution in [-0.4, -0.2) is 49.5 Å². The summed E-state index contributed by atoms with van der Waals surface area (Å²) in [6, 6.07) is 4.75. The lowest BCUT2D eigenvalue weighted by atomic mass is 9.74. The zero-order valence-corrected chi connectivity index (χ0v) is 14.7. The molecule has 1 fully saturated rings. The number of aliphatic carboxylic acids is 1. The van der Waals surface area contributed by atoms with Crippen molar-refractivity contribution in [2.24, 2.45) is 0 Å². The average Bonchev–Trinajstić information content (AvgIpc) is 2.56. The fraction of sp³-hybridized carbons (Fsp3) is 0.556. The molecule has 1 saturated carbocycles. The van der Waals surface area contributed by atoms with Gasteiger partial charge in [0.05, 0.1) is 6.61 Å². The second kappa shape index (κ2) is 8.71. The minimum absolute atomic E-state index is 0.179. The summed E-state index contributed by atoms with van der Waals surface area (Å²) in [5.41, 5.74) is 0.256. The molecule has 138 valence electrons. The number of ether oxygens (including phenoxy) is 3. The molecule has 0 aliphatic heterocycles. The summed E-state index contributed by atoms with van der Waals surface area (Å²) >= 11 is 0. The Labute approximate surface area is 147 Å². The van der Waals surface area contributed by atoms with Gasteiger partial charge in [0.2, 0.25) is 0 Å². The maximum Gasteiger partial charge on any atom is 0.341 e. The molecule has 1 aliphatic carbocycles. The molecule has 7 nitrogen and oxygen atoms in total. The van der Waals surface area contributed by atoms with Gasteiger partial charge in [0.25, 0.3) is 5.91 Å². The molecule has 0 spiro atoms. The molecule has 0 radical (unpaired) electrons. The molecule has 0 bridgehead atoms. The molecule has 7 heteroatoms. The fourth-order valence-electron chi connectivity index (χ4n) is 2.83. The van der Waals surface area contributed by atoms with Crippen molar-refractivity contribution in [2.75, 3.05) is 26.9 Å². The number of carboxylic acids is 1. The number of methoxy groups -OCH3 is 1. The van der Waals surface area contributed by atoms with E-state index in [2.05, 4.69) is 5.32 Å². The summed E-state index contributed by atoms with van der Waals surface area (Å²) in [6.07, 6.45) is 3.77. The van der Waals surface area contributed by atoms with Gasteiger partial charge in [-0.1, -0.05) is 0 Å². The zero-order chi connectivity index (χ0) is 18.3. The number of carbonyl (C=O) groups is 2. The highest BCUT2D eigenvalue weighted by atomic mass is 16.5. The maximum absolute atomic E-state index is 12.6. The van der Waals surface area contributed by atoms with Crippen LogP contribution in [0.4, 0.5) is 0 Å². The lowest BCUT2D eigenvalue weighted by molar-refractivity contribution is -0.139. The van der Waals surface area contributed by atoms with Gasteiger partial charge in [-0.2, -0.15) is 0 Å². The predicted molar refractivity (Wildman–Crippen MR) is 91.3 cm³/mol. The minimum Gasteiger partial charge on any atom is -0.490 e. The van der Waals surface area contributed by atoms with Crippen molar-refractivity contribution in [1.29, 1.82) is 0 Å². The lowest BCUT2D eigenvalue weighted by Gasteiger charge is -2.42. The van der Waals surface area contributed by atoms with Gasteiger partial charge in [-0.3, -0.25) is 4.79 Å². The van der Waals surface area contributed by atoms with Gasteiger partial charge in [-0.25, -0.2) is 4.79 Å². The Kier molecular flexibility index (Phi) is 6.64. The Balaban J connectivity index is 2.10. The Morgan fingerprint density at radius 2 is 2.00 bits per heavy atom. The second-order valence-electron chi connectivity index (χ2n) is 6.11. The van der Waals surface area contributed by atoms with Crippen molar-refractivity contribution in [2.45, 2.75) is 38.1 Å². The Morgan fingerprint density at radius 3 is 2.56 bits per heavy atom. The van der Waals surface area contributed by atoms with Crippen molar-refractivity contribution < 1.29 is 28.9 Å². The van der Waals surface area contributed by atoms with Crippen LogP contribution in [-0.2, 0) is 9.53 Å². The molecule has 1 aromatic rings. The standard InChI is InChI=1S/C18H25NO6/c1-3-24-15-11-13(5-6-14(15)25-12-16(20)21)17(22)19-18(7-4-8-18)9-10-23-2/h5-6,11H,3-4,7-10,12H2,1-2H3,(H,19,22)(H,20,21). The van der Waals surface area contributed by atoms with Crippen molar-refractivity contribution >= 4 is 11.9 Å². The average molecular weight is 351 g/mol. The van der Waals surface area contributed by atoms with Crippen molar-refractivity contribution in [1.82, 2.24) is 5.32 Å².